The molecule has 1 atom stereocenters. The van der Waals surface area contributed by atoms with Crippen molar-refractivity contribution in [3.63, 3.8) is 0 Å². The van der Waals surface area contributed by atoms with Crippen molar-refractivity contribution in [2.24, 2.45) is 11.8 Å². The standard InChI is InChI=1S/C23H22F5NO4/c24-16-17(25)19(27)21(20(28)18(16)26)33-22(30)15(10-13-6-4-5-7-13)11-29-23(31)32-12-14-8-2-1-3-9-14/h1-3,8-9,13,15H,4-7,10-12H2,(H,29,31)/t15-/m1/s1. The quantitative estimate of drug-likeness (QED) is 0.184. The normalized spacial score (nSPS) is 14.7. The van der Waals surface area contributed by atoms with E-state index in [-0.39, 0.29) is 25.5 Å². The lowest BCUT2D eigenvalue weighted by molar-refractivity contribution is -0.139. The van der Waals surface area contributed by atoms with Crippen LogP contribution in [0.2, 0.25) is 0 Å². The average molecular weight is 471 g/mol. The van der Waals surface area contributed by atoms with E-state index in [2.05, 4.69) is 10.1 Å². The maximum Gasteiger partial charge on any atom is 0.407 e. The van der Waals surface area contributed by atoms with E-state index >= 15 is 0 Å². The Morgan fingerprint density at radius 3 is 2.09 bits per heavy atom. The number of rotatable bonds is 8. The molecule has 0 aliphatic heterocycles. The molecule has 0 aromatic heterocycles. The monoisotopic (exact) mass is 471 g/mol. The predicted molar refractivity (Wildman–Crippen MR) is 107 cm³/mol. The fraction of sp³-hybridized carbons (Fsp3) is 0.391. The summed E-state index contributed by atoms with van der Waals surface area (Å²) in [6.07, 6.45) is 2.88. The van der Waals surface area contributed by atoms with Crippen molar-refractivity contribution in [1.82, 2.24) is 5.32 Å². The van der Waals surface area contributed by atoms with Crippen LogP contribution in [0.4, 0.5) is 26.7 Å². The molecule has 178 valence electrons. The fourth-order valence-corrected chi connectivity index (χ4v) is 3.75. The summed E-state index contributed by atoms with van der Waals surface area (Å²) in [5.74, 6) is -15.1. The molecule has 5 nitrogen and oxygen atoms in total. The number of esters is 1. The Labute approximate surface area is 186 Å². The van der Waals surface area contributed by atoms with E-state index in [1.807, 2.05) is 0 Å². The van der Waals surface area contributed by atoms with E-state index in [9.17, 15) is 31.5 Å². The van der Waals surface area contributed by atoms with E-state index < -0.39 is 52.8 Å². The second-order valence-corrected chi connectivity index (χ2v) is 7.85. The molecule has 1 amide bonds. The minimum absolute atomic E-state index is 0.0189. The Morgan fingerprint density at radius 1 is 0.909 bits per heavy atom. The molecule has 0 saturated heterocycles. The summed E-state index contributed by atoms with van der Waals surface area (Å²) in [5.41, 5.74) is 0.737. The van der Waals surface area contributed by atoms with Crippen molar-refractivity contribution in [3.8, 4) is 5.75 Å². The molecule has 0 heterocycles. The molecule has 1 fully saturated rings. The van der Waals surface area contributed by atoms with E-state index in [1.54, 1.807) is 30.3 Å². The molecule has 33 heavy (non-hydrogen) atoms. The number of nitrogens with one attached hydrogen (secondary N) is 1. The Hall–Kier alpha value is -3.17. The number of amides is 1. The first-order valence-corrected chi connectivity index (χ1v) is 10.5. The molecular formula is C23H22F5NO4. The summed E-state index contributed by atoms with van der Waals surface area (Å²) >= 11 is 0. The molecule has 0 bridgehead atoms. The van der Waals surface area contributed by atoms with Gasteiger partial charge in [-0.1, -0.05) is 56.0 Å². The minimum atomic E-state index is -2.35. The first kappa shape index (κ1) is 24.5. The number of benzene rings is 2. The number of halogens is 5. The van der Waals surface area contributed by atoms with Gasteiger partial charge in [0.2, 0.25) is 34.8 Å². The maximum absolute atomic E-state index is 13.9. The van der Waals surface area contributed by atoms with Crippen LogP contribution in [0, 0.1) is 40.9 Å². The van der Waals surface area contributed by atoms with Gasteiger partial charge in [-0.25, -0.2) is 18.0 Å². The van der Waals surface area contributed by atoms with Crippen LogP contribution in [-0.2, 0) is 16.1 Å². The van der Waals surface area contributed by atoms with Crippen LogP contribution in [0.3, 0.4) is 0 Å². The fourth-order valence-electron chi connectivity index (χ4n) is 3.75. The Bertz CT molecular complexity index is 967. The van der Waals surface area contributed by atoms with Crippen LogP contribution in [0.5, 0.6) is 5.75 Å². The molecule has 10 heteroatoms. The van der Waals surface area contributed by atoms with Crippen LogP contribution in [0.1, 0.15) is 37.7 Å². The van der Waals surface area contributed by atoms with Crippen molar-refractivity contribution in [2.45, 2.75) is 38.7 Å². The van der Waals surface area contributed by atoms with Gasteiger partial charge in [0.1, 0.15) is 6.61 Å². The molecule has 1 N–H and O–H groups in total. The first-order chi connectivity index (χ1) is 15.8. The van der Waals surface area contributed by atoms with Gasteiger partial charge in [-0.2, -0.15) is 8.78 Å². The van der Waals surface area contributed by atoms with Gasteiger partial charge < -0.3 is 14.8 Å². The van der Waals surface area contributed by atoms with Gasteiger partial charge in [0.15, 0.2) is 0 Å². The lowest BCUT2D eigenvalue weighted by Crippen LogP contribution is -2.36. The third-order valence-corrected chi connectivity index (χ3v) is 5.50. The van der Waals surface area contributed by atoms with Crippen LogP contribution in [-0.4, -0.2) is 18.6 Å². The molecule has 0 spiro atoms. The highest BCUT2D eigenvalue weighted by Crippen LogP contribution is 2.33. The summed E-state index contributed by atoms with van der Waals surface area (Å²) in [4.78, 5) is 24.6. The van der Waals surface area contributed by atoms with Gasteiger partial charge in [-0.05, 0) is 17.9 Å². The lowest BCUT2D eigenvalue weighted by atomic mass is 9.93. The van der Waals surface area contributed by atoms with Gasteiger partial charge in [-0.15, -0.1) is 0 Å². The van der Waals surface area contributed by atoms with E-state index in [4.69, 9.17) is 4.74 Å². The van der Waals surface area contributed by atoms with Gasteiger partial charge in [0.05, 0.1) is 5.92 Å². The number of alkyl carbamates (subject to hydrolysis) is 1. The number of carbonyl (C=O) groups is 2. The van der Waals surface area contributed by atoms with Crippen molar-refractivity contribution < 1.29 is 41.0 Å². The molecule has 2 aromatic carbocycles. The molecule has 1 aliphatic rings. The smallest absolute Gasteiger partial charge is 0.407 e. The highest BCUT2D eigenvalue weighted by Gasteiger charge is 2.32. The number of carbonyl (C=O) groups excluding carboxylic acids is 2. The van der Waals surface area contributed by atoms with E-state index in [0.717, 1.165) is 31.2 Å². The first-order valence-electron chi connectivity index (χ1n) is 10.5. The summed E-state index contributed by atoms with van der Waals surface area (Å²) in [6.45, 7) is -0.312. The zero-order valence-electron chi connectivity index (χ0n) is 17.5. The highest BCUT2D eigenvalue weighted by atomic mass is 19.2. The third-order valence-electron chi connectivity index (χ3n) is 5.50. The molecule has 1 aliphatic carbocycles. The second-order valence-electron chi connectivity index (χ2n) is 7.85. The Morgan fingerprint density at radius 2 is 1.48 bits per heavy atom. The zero-order valence-corrected chi connectivity index (χ0v) is 17.5. The largest absolute Gasteiger partial charge is 0.445 e. The highest BCUT2D eigenvalue weighted by molar-refractivity contribution is 5.76. The Balaban J connectivity index is 1.67. The maximum atomic E-state index is 13.9. The topological polar surface area (TPSA) is 64.6 Å². The van der Waals surface area contributed by atoms with Crippen LogP contribution in [0.15, 0.2) is 30.3 Å². The van der Waals surface area contributed by atoms with Crippen LogP contribution >= 0.6 is 0 Å². The minimum Gasteiger partial charge on any atom is -0.445 e. The summed E-state index contributed by atoms with van der Waals surface area (Å²) < 4.78 is 77.6. The Kier molecular flexibility index (Phi) is 8.24. The second kappa shape index (κ2) is 11.1. The summed E-state index contributed by atoms with van der Waals surface area (Å²) in [6, 6.07) is 8.83. The molecule has 2 aromatic rings. The van der Waals surface area contributed by atoms with E-state index in [1.165, 1.54) is 0 Å². The van der Waals surface area contributed by atoms with Crippen LogP contribution in [0.25, 0.3) is 0 Å². The van der Waals surface area contributed by atoms with Gasteiger partial charge in [-0.3, -0.25) is 4.79 Å². The number of hydrogen-bond acceptors (Lipinski definition) is 4. The number of hydrogen-bond donors (Lipinski definition) is 1. The molecule has 3 rings (SSSR count). The van der Waals surface area contributed by atoms with Crippen molar-refractivity contribution in [2.75, 3.05) is 6.54 Å². The molecule has 1 saturated carbocycles. The molecule has 0 radical (unpaired) electrons. The molecular weight excluding hydrogens is 449 g/mol. The lowest BCUT2D eigenvalue weighted by Gasteiger charge is -2.20. The number of ether oxygens (including phenoxy) is 2. The SMILES string of the molecule is O=C(NC[C@@H](CC1CCCC1)C(=O)Oc1c(F)c(F)c(F)c(F)c1F)OCc1ccccc1. The van der Waals surface area contributed by atoms with Gasteiger partial charge in [0, 0.05) is 6.54 Å². The van der Waals surface area contributed by atoms with Crippen molar-refractivity contribution in [3.05, 3.63) is 65.0 Å². The average Bonchev–Trinajstić information content (AvgIpc) is 3.34. The predicted octanol–water partition coefficient (Wildman–Crippen LogP) is 5.41. The third kappa shape index (κ3) is 6.21. The van der Waals surface area contributed by atoms with E-state index in [0.29, 0.717) is 0 Å². The van der Waals surface area contributed by atoms with Gasteiger partial charge in [0.25, 0.3) is 0 Å². The molecule has 0 unspecified atom stereocenters. The van der Waals surface area contributed by atoms with Gasteiger partial charge >= 0.3 is 12.1 Å². The van der Waals surface area contributed by atoms with Crippen molar-refractivity contribution in [1.29, 1.82) is 0 Å². The van der Waals surface area contributed by atoms with Crippen LogP contribution < -0.4 is 10.1 Å². The summed E-state index contributed by atoms with van der Waals surface area (Å²) in [5, 5.41) is 2.40. The van der Waals surface area contributed by atoms with Crippen molar-refractivity contribution >= 4 is 12.1 Å². The summed E-state index contributed by atoms with van der Waals surface area (Å²) in [7, 11) is 0. The zero-order chi connectivity index (χ0) is 24.0.